The maximum Gasteiger partial charge on any atom is 0.296 e. The van der Waals surface area contributed by atoms with Crippen molar-refractivity contribution in [1.29, 1.82) is 0 Å². The van der Waals surface area contributed by atoms with E-state index in [2.05, 4.69) is 5.92 Å². The number of aryl methyl sites for hydroxylation is 1. The fraction of sp³-hybridized carbons (Fsp3) is 0.333. The van der Waals surface area contributed by atoms with Crippen LogP contribution in [0.4, 0.5) is 0 Å². The number of benzene rings is 1. The molecule has 0 saturated carbocycles. The van der Waals surface area contributed by atoms with Crippen molar-refractivity contribution in [2.24, 2.45) is 0 Å². The third-order valence-electron chi connectivity index (χ3n) is 1.99. The molecule has 0 aliphatic carbocycles. The first kappa shape index (κ1) is 12.8. The van der Waals surface area contributed by atoms with Crippen LogP contribution in [0.15, 0.2) is 29.2 Å². The normalized spacial score (nSPS) is 11.0. The first-order valence-corrected chi connectivity index (χ1v) is 6.33. The van der Waals surface area contributed by atoms with Crippen LogP contribution in [-0.2, 0) is 14.3 Å². The first-order valence-electron chi connectivity index (χ1n) is 4.92. The van der Waals surface area contributed by atoms with Crippen LogP contribution in [-0.4, -0.2) is 15.0 Å². The second kappa shape index (κ2) is 5.69. The van der Waals surface area contributed by atoms with E-state index in [1.165, 1.54) is 12.1 Å². The van der Waals surface area contributed by atoms with Crippen molar-refractivity contribution >= 4 is 10.1 Å². The highest BCUT2D eigenvalue weighted by molar-refractivity contribution is 7.86. The quantitative estimate of drug-likeness (QED) is 0.447. The van der Waals surface area contributed by atoms with Crippen LogP contribution in [0, 0.1) is 19.3 Å². The van der Waals surface area contributed by atoms with E-state index in [1.807, 2.05) is 6.92 Å². The predicted molar refractivity (Wildman–Crippen MR) is 60.7 cm³/mol. The minimum absolute atomic E-state index is 0.0854. The molecule has 1 rings (SSSR count). The Labute approximate surface area is 96.6 Å². The van der Waals surface area contributed by atoms with Crippen LogP contribution in [0.1, 0.15) is 18.4 Å². The molecule has 1 aromatic rings. The van der Waals surface area contributed by atoms with Crippen molar-refractivity contribution in [3.63, 3.8) is 0 Å². The van der Waals surface area contributed by atoms with Gasteiger partial charge in [0.25, 0.3) is 10.1 Å². The van der Waals surface area contributed by atoms with Crippen molar-refractivity contribution in [1.82, 2.24) is 0 Å². The van der Waals surface area contributed by atoms with Crippen molar-refractivity contribution in [3.05, 3.63) is 36.3 Å². The summed E-state index contributed by atoms with van der Waals surface area (Å²) < 4.78 is 28.0. The van der Waals surface area contributed by atoms with Gasteiger partial charge in [-0.3, -0.25) is 4.18 Å². The summed E-state index contributed by atoms with van der Waals surface area (Å²) >= 11 is 0. The fourth-order valence-corrected chi connectivity index (χ4v) is 2.04. The van der Waals surface area contributed by atoms with Gasteiger partial charge in [-0.2, -0.15) is 8.42 Å². The molecule has 16 heavy (non-hydrogen) atoms. The van der Waals surface area contributed by atoms with Gasteiger partial charge in [0.15, 0.2) is 0 Å². The number of hydrogen-bond donors (Lipinski definition) is 0. The zero-order valence-corrected chi connectivity index (χ0v) is 9.88. The molecule has 0 N–H and O–H groups in total. The van der Waals surface area contributed by atoms with Gasteiger partial charge in [-0.1, -0.05) is 23.6 Å². The maximum absolute atomic E-state index is 11.6. The van der Waals surface area contributed by atoms with E-state index in [4.69, 9.17) is 10.6 Å². The van der Waals surface area contributed by atoms with E-state index in [0.717, 1.165) is 5.56 Å². The second-order valence-corrected chi connectivity index (χ2v) is 4.98. The second-order valence-electron chi connectivity index (χ2n) is 3.37. The molecule has 0 fully saturated rings. The molecule has 3 nitrogen and oxygen atoms in total. The molecular formula is C12H13O3S. The highest BCUT2D eigenvalue weighted by atomic mass is 32.2. The van der Waals surface area contributed by atoms with Gasteiger partial charge < -0.3 is 0 Å². The molecule has 1 radical (unpaired) electrons. The van der Waals surface area contributed by atoms with Crippen molar-refractivity contribution < 1.29 is 12.6 Å². The fourth-order valence-electron chi connectivity index (χ4n) is 1.10. The Morgan fingerprint density at radius 1 is 1.31 bits per heavy atom. The minimum atomic E-state index is -3.65. The lowest BCUT2D eigenvalue weighted by Gasteiger charge is -2.04. The van der Waals surface area contributed by atoms with E-state index >= 15 is 0 Å². The van der Waals surface area contributed by atoms with Crippen LogP contribution >= 0.6 is 0 Å². The molecule has 0 amide bonds. The molecule has 4 heteroatoms. The average molecular weight is 237 g/mol. The van der Waals surface area contributed by atoms with Crippen molar-refractivity contribution in [3.8, 4) is 5.92 Å². The number of unbranched alkanes of at least 4 members (excludes halogenated alkanes) is 1. The van der Waals surface area contributed by atoms with Crippen molar-refractivity contribution in [2.45, 2.75) is 24.7 Å². The molecule has 0 saturated heterocycles. The summed E-state index contributed by atoms with van der Waals surface area (Å²) in [5, 5.41) is 0. The highest BCUT2D eigenvalue weighted by Crippen LogP contribution is 2.13. The van der Waals surface area contributed by atoms with Crippen LogP contribution in [0.25, 0.3) is 0 Å². The number of rotatable bonds is 5. The standard InChI is InChI=1S/C12H13O3S/c1-3-4-5-10-15-16(13,14)12-8-6-11(2)7-9-12/h6-9H,4-5,10H2,2H3. The summed E-state index contributed by atoms with van der Waals surface area (Å²) in [5.41, 5.74) is 0.998. The van der Waals surface area contributed by atoms with Crippen LogP contribution < -0.4 is 0 Å². The van der Waals surface area contributed by atoms with Crippen LogP contribution in [0.2, 0.25) is 0 Å². The Hall–Kier alpha value is -1.31. The van der Waals surface area contributed by atoms with E-state index in [0.29, 0.717) is 12.8 Å². The molecular weight excluding hydrogens is 224 g/mol. The Morgan fingerprint density at radius 2 is 1.94 bits per heavy atom. The summed E-state index contributed by atoms with van der Waals surface area (Å²) in [5.74, 6) is 2.18. The van der Waals surface area contributed by atoms with Gasteiger partial charge in [-0.15, -0.1) is 0 Å². The lowest BCUT2D eigenvalue weighted by Crippen LogP contribution is -2.07. The third kappa shape index (κ3) is 3.69. The monoisotopic (exact) mass is 237 g/mol. The smallest absolute Gasteiger partial charge is 0.266 e. The molecule has 0 aliphatic heterocycles. The van der Waals surface area contributed by atoms with Crippen molar-refractivity contribution in [2.75, 3.05) is 6.61 Å². The highest BCUT2D eigenvalue weighted by Gasteiger charge is 2.13. The Balaban J connectivity index is 2.64. The van der Waals surface area contributed by atoms with Gasteiger partial charge in [-0.05, 0) is 31.9 Å². The zero-order valence-electron chi connectivity index (χ0n) is 9.06. The lowest BCUT2D eigenvalue weighted by atomic mass is 10.2. The molecule has 85 valence electrons. The topological polar surface area (TPSA) is 43.4 Å². The summed E-state index contributed by atoms with van der Waals surface area (Å²) in [6, 6.07) is 6.49. The van der Waals surface area contributed by atoms with Gasteiger partial charge >= 0.3 is 0 Å². The lowest BCUT2D eigenvalue weighted by molar-refractivity contribution is 0.314. The summed E-state index contributed by atoms with van der Waals surface area (Å²) in [6.45, 7) is 1.97. The Bertz CT molecular complexity index is 466. The van der Waals surface area contributed by atoms with Gasteiger partial charge in [0.1, 0.15) is 0 Å². The molecule has 0 aliphatic rings. The van der Waals surface area contributed by atoms with Gasteiger partial charge in [-0.25, -0.2) is 0 Å². The molecule has 0 spiro atoms. The van der Waals surface area contributed by atoms with Crippen LogP contribution in [0.3, 0.4) is 0 Å². The van der Waals surface area contributed by atoms with Crippen LogP contribution in [0.5, 0.6) is 0 Å². The summed E-state index contributed by atoms with van der Waals surface area (Å²) in [7, 11) is -3.65. The predicted octanol–water partition coefficient (Wildman–Crippen LogP) is 2.07. The van der Waals surface area contributed by atoms with Gasteiger partial charge in [0.05, 0.1) is 11.5 Å². The van der Waals surface area contributed by atoms with Gasteiger partial charge in [0, 0.05) is 6.42 Å². The maximum atomic E-state index is 11.6. The third-order valence-corrected chi connectivity index (χ3v) is 3.32. The van der Waals surface area contributed by atoms with E-state index < -0.39 is 10.1 Å². The molecule has 0 atom stereocenters. The van der Waals surface area contributed by atoms with Gasteiger partial charge in [0.2, 0.25) is 0 Å². The average Bonchev–Trinajstić information content (AvgIpc) is 2.25. The summed E-state index contributed by atoms with van der Waals surface area (Å²) in [4.78, 5) is 0.164. The molecule has 0 unspecified atom stereocenters. The molecule has 1 aromatic carbocycles. The summed E-state index contributed by atoms with van der Waals surface area (Å²) in [6.07, 6.45) is 7.56. The first-order chi connectivity index (χ1) is 7.56. The number of hydrogen-bond acceptors (Lipinski definition) is 3. The SMILES string of the molecule is [C]#CCCCOS(=O)(=O)c1ccc(C)cc1. The van der Waals surface area contributed by atoms with E-state index in [-0.39, 0.29) is 11.5 Å². The molecule has 0 heterocycles. The minimum Gasteiger partial charge on any atom is -0.266 e. The van der Waals surface area contributed by atoms with E-state index in [1.54, 1.807) is 12.1 Å². The molecule has 0 aromatic heterocycles. The Kier molecular flexibility index (Phi) is 4.53. The van der Waals surface area contributed by atoms with E-state index in [9.17, 15) is 8.42 Å². The zero-order chi connectivity index (χ0) is 12.0. The largest absolute Gasteiger partial charge is 0.296 e. The Morgan fingerprint density at radius 3 is 2.50 bits per heavy atom. The molecule has 0 bridgehead atoms.